The first kappa shape index (κ1) is 22.6. The molecule has 0 aliphatic rings. The Hall–Kier alpha value is -3.13. The van der Waals surface area contributed by atoms with Gasteiger partial charge in [-0.2, -0.15) is 0 Å². The average Bonchev–Trinajstić information content (AvgIpc) is 3.07. The number of carbonyl (C=O) groups excluding carboxylic acids is 2. The van der Waals surface area contributed by atoms with Crippen LogP contribution in [-0.4, -0.2) is 36.5 Å². The minimum Gasteiger partial charge on any atom is -0.461 e. The zero-order valence-electron chi connectivity index (χ0n) is 18.1. The van der Waals surface area contributed by atoms with Crippen LogP contribution in [0.25, 0.3) is 10.9 Å². The molecular formula is C23H25NO6S. The minimum atomic E-state index is -4.10. The number of ether oxygens (including phenoxy) is 2. The number of carbonyl (C=O) groups is 2. The topological polar surface area (TPSA) is 91.7 Å². The third-order valence-electron chi connectivity index (χ3n) is 4.44. The molecule has 31 heavy (non-hydrogen) atoms. The Morgan fingerprint density at radius 3 is 2.19 bits per heavy atom. The molecule has 0 radical (unpaired) electrons. The molecule has 8 heteroatoms. The van der Waals surface area contributed by atoms with Crippen LogP contribution in [0.3, 0.4) is 0 Å². The van der Waals surface area contributed by atoms with E-state index in [4.69, 9.17) is 9.47 Å². The summed E-state index contributed by atoms with van der Waals surface area (Å²) in [6.45, 7) is 8.85. The summed E-state index contributed by atoms with van der Waals surface area (Å²) in [6.07, 6.45) is 0. The largest absolute Gasteiger partial charge is 0.461 e. The Bertz CT molecular complexity index is 1250. The van der Waals surface area contributed by atoms with Crippen molar-refractivity contribution in [1.29, 1.82) is 0 Å². The molecule has 7 nitrogen and oxygen atoms in total. The van der Waals surface area contributed by atoms with Crippen LogP contribution in [0.4, 0.5) is 0 Å². The highest BCUT2D eigenvalue weighted by atomic mass is 32.2. The molecule has 0 amide bonds. The molecule has 0 saturated carbocycles. The summed E-state index contributed by atoms with van der Waals surface area (Å²) >= 11 is 0. The molecule has 0 aliphatic carbocycles. The van der Waals surface area contributed by atoms with Crippen LogP contribution in [0.2, 0.25) is 0 Å². The molecule has 0 saturated heterocycles. The quantitative estimate of drug-likeness (QED) is 0.546. The van der Waals surface area contributed by atoms with Gasteiger partial charge >= 0.3 is 11.9 Å². The van der Waals surface area contributed by atoms with Gasteiger partial charge in [0.1, 0.15) is 11.3 Å². The van der Waals surface area contributed by atoms with Crippen molar-refractivity contribution in [2.45, 2.75) is 45.1 Å². The molecular weight excluding hydrogens is 418 g/mol. The first-order valence-electron chi connectivity index (χ1n) is 9.82. The molecule has 1 heterocycles. The lowest BCUT2D eigenvalue weighted by Crippen LogP contribution is -2.23. The van der Waals surface area contributed by atoms with Gasteiger partial charge in [-0.3, -0.25) is 0 Å². The second kappa shape index (κ2) is 8.19. The normalized spacial score (nSPS) is 12.0. The molecule has 0 fully saturated rings. The average molecular weight is 444 g/mol. The van der Waals surface area contributed by atoms with Crippen molar-refractivity contribution in [1.82, 2.24) is 3.97 Å². The highest BCUT2D eigenvalue weighted by Gasteiger charge is 2.28. The van der Waals surface area contributed by atoms with E-state index in [0.717, 1.165) is 9.54 Å². The van der Waals surface area contributed by atoms with Crippen LogP contribution in [0.1, 0.15) is 54.1 Å². The van der Waals surface area contributed by atoms with E-state index in [1.54, 1.807) is 39.8 Å². The maximum atomic E-state index is 13.4. The summed E-state index contributed by atoms with van der Waals surface area (Å²) < 4.78 is 38.3. The van der Waals surface area contributed by atoms with Gasteiger partial charge < -0.3 is 9.47 Å². The molecule has 0 N–H and O–H groups in total. The van der Waals surface area contributed by atoms with Gasteiger partial charge in [-0.15, -0.1) is 0 Å². The van der Waals surface area contributed by atoms with E-state index in [2.05, 4.69) is 0 Å². The second-order valence-corrected chi connectivity index (χ2v) is 9.89. The van der Waals surface area contributed by atoms with Gasteiger partial charge in [0.05, 0.1) is 22.6 Å². The number of aryl methyl sites for hydroxylation is 1. The van der Waals surface area contributed by atoms with Gasteiger partial charge in [0.2, 0.25) is 0 Å². The maximum Gasteiger partial charge on any atom is 0.356 e. The third-order valence-corrected chi connectivity index (χ3v) is 6.18. The van der Waals surface area contributed by atoms with Crippen molar-refractivity contribution in [2.75, 3.05) is 6.61 Å². The van der Waals surface area contributed by atoms with Crippen molar-refractivity contribution >= 4 is 32.9 Å². The Balaban J connectivity index is 2.21. The number of hydrogen-bond donors (Lipinski definition) is 0. The highest BCUT2D eigenvalue weighted by Crippen LogP contribution is 2.28. The fourth-order valence-corrected chi connectivity index (χ4v) is 4.58. The predicted octanol–water partition coefficient (Wildman–Crippen LogP) is 4.32. The molecule has 3 aromatic rings. The Morgan fingerprint density at radius 2 is 1.61 bits per heavy atom. The summed E-state index contributed by atoms with van der Waals surface area (Å²) in [5.74, 6) is -1.31. The van der Waals surface area contributed by atoms with E-state index in [1.165, 1.54) is 36.4 Å². The summed E-state index contributed by atoms with van der Waals surface area (Å²) in [5, 5.41) is 0.405. The fraction of sp³-hybridized carbons (Fsp3) is 0.304. The van der Waals surface area contributed by atoms with Gasteiger partial charge in [-0.05, 0) is 71.0 Å². The van der Waals surface area contributed by atoms with Crippen LogP contribution in [0.15, 0.2) is 53.4 Å². The zero-order chi connectivity index (χ0) is 23.0. The van der Waals surface area contributed by atoms with E-state index in [9.17, 15) is 18.0 Å². The first-order valence-corrected chi connectivity index (χ1v) is 11.3. The van der Waals surface area contributed by atoms with Crippen molar-refractivity contribution in [3.05, 3.63) is 65.4 Å². The van der Waals surface area contributed by atoms with Crippen LogP contribution < -0.4 is 0 Å². The zero-order valence-corrected chi connectivity index (χ0v) is 18.9. The lowest BCUT2D eigenvalue weighted by molar-refractivity contribution is 0.00694. The van der Waals surface area contributed by atoms with Crippen LogP contribution in [-0.2, 0) is 19.5 Å². The lowest BCUT2D eigenvalue weighted by Gasteiger charge is -2.19. The number of nitrogens with zero attached hydrogens (tertiary/aromatic N) is 1. The Kier molecular flexibility index (Phi) is 5.96. The summed E-state index contributed by atoms with van der Waals surface area (Å²) in [7, 11) is -4.10. The molecule has 0 unspecified atom stereocenters. The lowest BCUT2D eigenvalue weighted by atomic mass is 10.1. The summed E-state index contributed by atoms with van der Waals surface area (Å²) in [4.78, 5) is 25.1. The molecule has 0 atom stereocenters. The van der Waals surface area contributed by atoms with Gasteiger partial charge in [-0.1, -0.05) is 17.7 Å². The second-order valence-electron chi connectivity index (χ2n) is 8.11. The number of fused-ring (bicyclic) bond motifs is 1. The van der Waals surface area contributed by atoms with E-state index < -0.39 is 27.6 Å². The third kappa shape index (κ3) is 4.64. The SMILES string of the molecule is CCOC(=O)c1cc2cc(C(=O)OC(C)(C)C)ccc2n1S(=O)(=O)c1ccc(C)cc1. The van der Waals surface area contributed by atoms with Crippen LogP contribution in [0.5, 0.6) is 0 Å². The van der Waals surface area contributed by atoms with Gasteiger partial charge in [-0.25, -0.2) is 22.0 Å². The maximum absolute atomic E-state index is 13.4. The van der Waals surface area contributed by atoms with Gasteiger partial charge in [0.15, 0.2) is 0 Å². The van der Waals surface area contributed by atoms with Crippen LogP contribution >= 0.6 is 0 Å². The number of esters is 2. The fourth-order valence-electron chi connectivity index (χ4n) is 3.08. The van der Waals surface area contributed by atoms with Gasteiger partial charge in [0.25, 0.3) is 10.0 Å². The monoisotopic (exact) mass is 443 g/mol. The molecule has 1 aromatic heterocycles. The molecule has 164 valence electrons. The predicted molar refractivity (Wildman–Crippen MR) is 117 cm³/mol. The van der Waals surface area contributed by atoms with Gasteiger partial charge in [0, 0.05) is 5.39 Å². The summed E-state index contributed by atoms with van der Waals surface area (Å²) in [6, 6.07) is 12.2. The first-order chi connectivity index (χ1) is 14.4. The molecule has 0 spiro atoms. The van der Waals surface area contributed by atoms with E-state index in [0.29, 0.717) is 5.39 Å². The number of benzene rings is 2. The van der Waals surface area contributed by atoms with Crippen molar-refractivity contribution in [3.8, 4) is 0 Å². The number of aromatic nitrogens is 1. The van der Waals surface area contributed by atoms with Crippen molar-refractivity contribution in [3.63, 3.8) is 0 Å². The number of rotatable bonds is 5. The van der Waals surface area contributed by atoms with Crippen molar-refractivity contribution < 1.29 is 27.5 Å². The van der Waals surface area contributed by atoms with Crippen LogP contribution in [0, 0.1) is 6.92 Å². The molecule has 3 rings (SSSR count). The minimum absolute atomic E-state index is 0.0392. The van der Waals surface area contributed by atoms with E-state index in [-0.39, 0.29) is 28.3 Å². The standard InChI is InChI=1S/C23H25NO6S/c1-6-29-22(26)20-14-17-13-16(21(25)30-23(3,4)5)9-12-19(17)24(20)31(27,28)18-10-7-15(2)8-11-18/h7-14H,6H2,1-5H3. The highest BCUT2D eigenvalue weighted by molar-refractivity contribution is 7.90. The molecule has 0 bridgehead atoms. The van der Waals surface area contributed by atoms with E-state index >= 15 is 0 Å². The molecule has 0 aliphatic heterocycles. The Labute approximate surface area is 181 Å². The Morgan fingerprint density at radius 1 is 0.968 bits per heavy atom. The number of hydrogen-bond acceptors (Lipinski definition) is 6. The summed E-state index contributed by atoms with van der Waals surface area (Å²) in [5.41, 5.74) is 0.601. The van der Waals surface area contributed by atoms with E-state index in [1.807, 2.05) is 6.92 Å². The molecule has 2 aromatic carbocycles. The smallest absolute Gasteiger partial charge is 0.356 e. The van der Waals surface area contributed by atoms with Crippen molar-refractivity contribution in [2.24, 2.45) is 0 Å².